The molecule has 0 saturated carbocycles. The Morgan fingerprint density at radius 2 is 1.37 bits per heavy atom. The number of para-hydroxylation sites is 1. The number of aryl methyl sites for hydroxylation is 2. The van der Waals surface area contributed by atoms with Crippen molar-refractivity contribution < 1.29 is 0 Å². The number of anilines is 1. The maximum Gasteiger partial charge on any atom is 0.131 e. The molecule has 3 N–H and O–H groups in total. The molecule has 6 atom stereocenters. The van der Waals surface area contributed by atoms with Gasteiger partial charge >= 0.3 is 0 Å². The molecule has 7 aliphatic rings. The van der Waals surface area contributed by atoms with Crippen molar-refractivity contribution in [3.8, 4) is 11.1 Å². The number of thiophene rings is 1. The summed E-state index contributed by atoms with van der Waals surface area (Å²) in [6.07, 6.45) is 23.1. The summed E-state index contributed by atoms with van der Waals surface area (Å²) in [5, 5.41) is 12.4. The van der Waals surface area contributed by atoms with E-state index in [2.05, 4.69) is 202 Å². The van der Waals surface area contributed by atoms with Gasteiger partial charge in [-0.25, -0.2) is 4.99 Å². The van der Waals surface area contributed by atoms with E-state index in [1.165, 1.54) is 68.9 Å². The van der Waals surface area contributed by atoms with Crippen LogP contribution in [0.25, 0.3) is 16.7 Å². The lowest BCUT2D eigenvalue weighted by Crippen LogP contribution is -2.54. The Morgan fingerprint density at radius 1 is 0.632 bits per heavy atom. The lowest BCUT2D eigenvalue weighted by molar-refractivity contribution is 0.383. The number of amidine groups is 1. The minimum Gasteiger partial charge on any atom is -0.387 e. The minimum atomic E-state index is -0.188. The van der Waals surface area contributed by atoms with Gasteiger partial charge in [0, 0.05) is 62.7 Å². The first-order valence-corrected chi connectivity index (χ1v) is 26.2. The number of benzene rings is 5. The molecule has 1 saturated heterocycles. The van der Waals surface area contributed by atoms with Crippen LogP contribution in [0.4, 0.5) is 5.69 Å². The Labute approximate surface area is 405 Å². The highest BCUT2D eigenvalue weighted by Crippen LogP contribution is 2.56. The minimum absolute atomic E-state index is 0.111. The van der Waals surface area contributed by atoms with Crippen LogP contribution in [0.5, 0.6) is 0 Å². The van der Waals surface area contributed by atoms with Crippen LogP contribution in [0.3, 0.4) is 0 Å². The number of hydrogen-bond acceptors (Lipinski definition) is 6. The van der Waals surface area contributed by atoms with E-state index >= 15 is 0 Å². The molecule has 1 fully saturated rings. The maximum atomic E-state index is 5.37. The Morgan fingerprint density at radius 3 is 2.16 bits per heavy atom. The molecular weight excluding hydrogens is 847 g/mol. The van der Waals surface area contributed by atoms with Crippen LogP contribution in [0.15, 0.2) is 197 Å². The standard InChI is InChI=1S/C62H59N5S/c1-6-18-40(19-7-1)48-32-30-44(36-50(48)41-20-8-2-9-21-41)46-38-52(62-65-60(42-22-10-3-11-23-42)64-61(66-62)43-24-12-4-13-25-43)59(63-39-46)45-31-34-55-51(37-45)58-56(68-55)35-33-54-57(58)49-28-16-17-29-53(49)67(54)47-26-14-5-15-27-47/h2-6,8-15,18-30,32,36,45-46,54,57,60,62-63,65H,1,7,16-17,31,33-35,37-39H2,(H,64,66). The molecule has 0 bridgehead atoms. The number of hydrogen-bond donors (Lipinski definition) is 3. The molecule has 4 aliphatic carbocycles. The van der Waals surface area contributed by atoms with Crippen LogP contribution in [-0.2, 0) is 19.3 Å². The van der Waals surface area contributed by atoms with Crippen molar-refractivity contribution >= 4 is 28.4 Å². The van der Waals surface area contributed by atoms with Gasteiger partial charge in [-0.05, 0) is 132 Å². The third-order valence-electron chi connectivity index (χ3n) is 15.9. The van der Waals surface area contributed by atoms with Crippen LogP contribution in [0, 0.1) is 5.92 Å². The molecule has 4 heterocycles. The Hall–Kier alpha value is -6.47. The SMILES string of the molecule is C1=CC(c2ccc(C3CNC(C4CCc5sc6c(c5C4)C4C5=CCCC=C5N(c5ccccc5)C4CC6)=C(C4NC(c5ccccc5)=NC(c5ccccc5)N4)C3)cc2-c2ccccc2)=CCC1. The first-order valence-electron chi connectivity index (χ1n) is 25.3. The molecular formula is C62H59N5S. The third kappa shape index (κ3) is 7.53. The van der Waals surface area contributed by atoms with Gasteiger partial charge in [-0.3, -0.25) is 5.32 Å². The smallest absolute Gasteiger partial charge is 0.131 e. The summed E-state index contributed by atoms with van der Waals surface area (Å²) < 4.78 is 0. The van der Waals surface area contributed by atoms with E-state index in [1.807, 2.05) is 0 Å². The van der Waals surface area contributed by atoms with Crippen molar-refractivity contribution in [3.05, 3.63) is 236 Å². The first-order chi connectivity index (χ1) is 33.7. The summed E-state index contributed by atoms with van der Waals surface area (Å²) in [5.41, 5.74) is 19.6. The number of nitrogens with zero attached hydrogens (tertiary/aromatic N) is 2. The fourth-order valence-electron chi connectivity index (χ4n) is 12.8. The summed E-state index contributed by atoms with van der Waals surface area (Å²) in [7, 11) is 0. The number of fused-ring (bicyclic) bond motifs is 7. The van der Waals surface area contributed by atoms with Crippen LogP contribution >= 0.6 is 11.3 Å². The Balaban J connectivity index is 0.902. The second-order valence-corrected chi connectivity index (χ2v) is 21.0. The van der Waals surface area contributed by atoms with Gasteiger partial charge < -0.3 is 15.5 Å². The predicted molar refractivity (Wildman–Crippen MR) is 282 cm³/mol. The predicted octanol–water partition coefficient (Wildman–Crippen LogP) is 13.5. The summed E-state index contributed by atoms with van der Waals surface area (Å²) in [5.74, 6) is 2.06. The summed E-state index contributed by atoms with van der Waals surface area (Å²) in [6, 6.07) is 51.6. The molecule has 1 aromatic heterocycles. The van der Waals surface area contributed by atoms with Gasteiger partial charge in [-0.1, -0.05) is 158 Å². The van der Waals surface area contributed by atoms with E-state index in [0.29, 0.717) is 23.8 Å². The van der Waals surface area contributed by atoms with E-state index in [1.54, 1.807) is 26.5 Å². The zero-order chi connectivity index (χ0) is 45.0. The zero-order valence-electron chi connectivity index (χ0n) is 38.7. The van der Waals surface area contributed by atoms with Gasteiger partial charge in [-0.15, -0.1) is 11.3 Å². The average Bonchev–Trinajstić information content (AvgIpc) is 3.97. The number of rotatable bonds is 8. The summed E-state index contributed by atoms with van der Waals surface area (Å²) in [6.45, 7) is 0.909. The van der Waals surface area contributed by atoms with E-state index in [-0.39, 0.29) is 12.3 Å². The second kappa shape index (κ2) is 17.9. The normalized spacial score (nSPS) is 25.1. The van der Waals surface area contributed by atoms with Gasteiger partial charge in [0.1, 0.15) is 18.2 Å². The molecule has 5 nitrogen and oxygen atoms in total. The monoisotopic (exact) mass is 905 g/mol. The third-order valence-corrected chi connectivity index (χ3v) is 17.3. The molecule has 0 amide bonds. The summed E-state index contributed by atoms with van der Waals surface area (Å²) in [4.78, 5) is 11.4. The highest BCUT2D eigenvalue weighted by Gasteiger charge is 2.48. The topological polar surface area (TPSA) is 51.7 Å². The fraction of sp³-hybridized carbons (Fsp3) is 0.274. The van der Waals surface area contributed by atoms with Gasteiger partial charge in [0.2, 0.25) is 0 Å². The largest absolute Gasteiger partial charge is 0.387 e. The molecule has 68 heavy (non-hydrogen) atoms. The van der Waals surface area contributed by atoms with Crippen LogP contribution in [-0.4, -0.2) is 24.6 Å². The van der Waals surface area contributed by atoms with Crippen molar-refractivity contribution in [2.45, 2.75) is 94.4 Å². The molecule has 6 aromatic rings. The van der Waals surface area contributed by atoms with E-state index in [4.69, 9.17) is 4.99 Å². The molecule has 338 valence electrons. The summed E-state index contributed by atoms with van der Waals surface area (Å²) >= 11 is 2.15. The van der Waals surface area contributed by atoms with Gasteiger partial charge in [-0.2, -0.15) is 0 Å². The van der Waals surface area contributed by atoms with E-state index < -0.39 is 0 Å². The van der Waals surface area contributed by atoms with Gasteiger partial charge in [0.05, 0.1) is 0 Å². The van der Waals surface area contributed by atoms with Crippen LogP contribution in [0.2, 0.25) is 0 Å². The Bertz CT molecular complexity index is 3050. The molecule has 5 aromatic carbocycles. The lowest BCUT2D eigenvalue weighted by Gasteiger charge is -2.41. The molecule has 0 radical (unpaired) electrons. The zero-order valence-corrected chi connectivity index (χ0v) is 39.5. The molecule has 6 heteroatoms. The Kier molecular flexibility index (Phi) is 11.0. The van der Waals surface area contributed by atoms with Crippen molar-refractivity contribution in [1.29, 1.82) is 0 Å². The maximum absolute atomic E-state index is 5.37. The lowest BCUT2D eigenvalue weighted by atomic mass is 9.73. The number of aliphatic imine (C=N–C) groups is 1. The quantitative estimate of drug-likeness (QED) is 0.142. The van der Waals surface area contributed by atoms with Gasteiger partial charge in [0.15, 0.2) is 0 Å². The van der Waals surface area contributed by atoms with Gasteiger partial charge in [0.25, 0.3) is 0 Å². The van der Waals surface area contributed by atoms with E-state index in [9.17, 15) is 0 Å². The van der Waals surface area contributed by atoms with Crippen LogP contribution < -0.4 is 20.9 Å². The molecule has 3 aliphatic heterocycles. The molecule has 0 spiro atoms. The molecule has 13 rings (SSSR count). The van der Waals surface area contributed by atoms with Crippen molar-refractivity contribution in [3.63, 3.8) is 0 Å². The number of nitrogens with one attached hydrogen (secondary N) is 3. The van der Waals surface area contributed by atoms with Crippen molar-refractivity contribution in [1.82, 2.24) is 16.0 Å². The van der Waals surface area contributed by atoms with E-state index in [0.717, 1.165) is 69.3 Å². The average molecular weight is 906 g/mol. The van der Waals surface area contributed by atoms with Crippen molar-refractivity contribution in [2.75, 3.05) is 11.4 Å². The van der Waals surface area contributed by atoms with Crippen molar-refractivity contribution in [2.24, 2.45) is 10.9 Å². The first kappa shape index (κ1) is 41.7. The molecule has 6 unspecified atom stereocenters. The fourth-order valence-corrected chi connectivity index (χ4v) is 14.2. The highest BCUT2D eigenvalue weighted by atomic mass is 32.1. The second-order valence-electron chi connectivity index (χ2n) is 19.8. The number of allylic oxidation sites excluding steroid dienone is 8. The highest BCUT2D eigenvalue weighted by molar-refractivity contribution is 7.12. The van der Waals surface area contributed by atoms with Crippen LogP contribution in [0.1, 0.15) is 106 Å².